The molecule has 0 unspecified atom stereocenters. The van der Waals surface area contributed by atoms with Gasteiger partial charge in [0.2, 0.25) is 0 Å². The average Bonchev–Trinajstić information content (AvgIpc) is 2.09. The van der Waals surface area contributed by atoms with Gasteiger partial charge < -0.3 is 15.2 Å². The molecule has 1 amide bonds. The minimum atomic E-state index is -0.931. The van der Waals surface area contributed by atoms with Gasteiger partial charge >= 0.3 is 12.1 Å². The van der Waals surface area contributed by atoms with Crippen molar-refractivity contribution in [1.29, 1.82) is 0 Å². The number of amides is 1. The molecule has 0 aliphatic carbocycles. The van der Waals surface area contributed by atoms with Crippen molar-refractivity contribution < 1.29 is 19.4 Å². The van der Waals surface area contributed by atoms with E-state index in [1.54, 1.807) is 27.7 Å². The van der Waals surface area contributed by atoms with Crippen molar-refractivity contribution in [3.05, 3.63) is 0 Å². The number of alkyl carbamates (subject to hydrolysis) is 1. The van der Waals surface area contributed by atoms with Crippen LogP contribution in [0.5, 0.6) is 0 Å². The molecule has 0 saturated carbocycles. The molecule has 5 heteroatoms. The summed E-state index contributed by atoms with van der Waals surface area (Å²) in [6.07, 6.45) is -0.579. The topological polar surface area (TPSA) is 75.6 Å². The van der Waals surface area contributed by atoms with E-state index >= 15 is 0 Å². The van der Waals surface area contributed by atoms with Crippen molar-refractivity contribution in [2.24, 2.45) is 11.8 Å². The van der Waals surface area contributed by atoms with E-state index in [2.05, 4.69) is 5.32 Å². The Hall–Kier alpha value is -1.26. The molecule has 0 heterocycles. The fourth-order valence-corrected chi connectivity index (χ4v) is 1.47. The first kappa shape index (κ1) is 15.7. The average molecular weight is 245 g/mol. The number of hydrogen-bond acceptors (Lipinski definition) is 3. The third-order valence-corrected chi connectivity index (χ3v) is 2.33. The molecule has 100 valence electrons. The molecule has 0 aromatic heterocycles. The lowest BCUT2D eigenvalue weighted by Crippen LogP contribution is -2.47. The van der Waals surface area contributed by atoms with E-state index in [0.717, 1.165) is 0 Å². The maximum Gasteiger partial charge on any atom is 0.407 e. The van der Waals surface area contributed by atoms with Gasteiger partial charge in [0.25, 0.3) is 0 Å². The third-order valence-electron chi connectivity index (χ3n) is 2.33. The fraction of sp³-hybridized carbons (Fsp3) is 0.833. The molecule has 0 saturated heterocycles. The molecule has 0 aliphatic rings. The smallest absolute Gasteiger partial charge is 0.407 e. The number of aliphatic carboxylic acids is 1. The van der Waals surface area contributed by atoms with Crippen LogP contribution < -0.4 is 5.32 Å². The molecule has 0 fully saturated rings. The van der Waals surface area contributed by atoms with Crippen LogP contribution in [0.15, 0.2) is 0 Å². The molecule has 0 aliphatic heterocycles. The summed E-state index contributed by atoms with van der Waals surface area (Å²) in [6.45, 7) is 10.6. The van der Waals surface area contributed by atoms with Crippen molar-refractivity contribution in [3.63, 3.8) is 0 Å². The number of carbonyl (C=O) groups excluding carboxylic acids is 1. The number of carboxylic acid groups (broad SMARTS) is 1. The third kappa shape index (κ3) is 6.14. The van der Waals surface area contributed by atoms with E-state index in [9.17, 15) is 9.59 Å². The van der Waals surface area contributed by atoms with Crippen molar-refractivity contribution in [1.82, 2.24) is 5.32 Å². The largest absolute Gasteiger partial charge is 0.481 e. The quantitative estimate of drug-likeness (QED) is 0.796. The van der Waals surface area contributed by atoms with Crippen molar-refractivity contribution in [3.8, 4) is 0 Å². The van der Waals surface area contributed by atoms with Gasteiger partial charge in [0, 0.05) is 6.04 Å². The second-order valence-corrected chi connectivity index (χ2v) is 5.54. The molecule has 0 radical (unpaired) electrons. The highest BCUT2D eigenvalue weighted by Crippen LogP contribution is 2.14. The lowest BCUT2D eigenvalue weighted by atomic mass is 9.92. The molecular weight excluding hydrogens is 222 g/mol. The normalized spacial score (nSPS) is 15.2. The molecule has 0 aromatic rings. The Morgan fingerprint density at radius 2 is 1.65 bits per heavy atom. The number of hydrogen-bond donors (Lipinski definition) is 2. The van der Waals surface area contributed by atoms with Crippen LogP contribution in [0.2, 0.25) is 0 Å². The van der Waals surface area contributed by atoms with Gasteiger partial charge in [-0.15, -0.1) is 0 Å². The maximum absolute atomic E-state index is 11.6. The van der Waals surface area contributed by atoms with Crippen molar-refractivity contribution in [2.45, 2.75) is 53.2 Å². The molecule has 0 aromatic carbocycles. The molecule has 2 atom stereocenters. The van der Waals surface area contributed by atoms with Gasteiger partial charge in [-0.05, 0) is 33.6 Å². The highest BCUT2D eigenvalue weighted by Gasteiger charge is 2.29. The van der Waals surface area contributed by atoms with Crippen LogP contribution in [0.25, 0.3) is 0 Å². The monoisotopic (exact) mass is 245 g/mol. The summed E-state index contributed by atoms with van der Waals surface area (Å²) in [6, 6.07) is -0.442. The van der Waals surface area contributed by atoms with Crippen LogP contribution >= 0.6 is 0 Å². The van der Waals surface area contributed by atoms with Crippen LogP contribution in [-0.2, 0) is 9.53 Å². The summed E-state index contributed by atoms with van der Waals surface area (Å²) in [5.41, 5.74) is -0.585. The summed E-state index contributed by atoms with van der Waals surface area (Å²) in [4.78, 5) is 22.5. The van der Waals surface area contributed by atoms with Crippen molar-refractivity contribution in [2.75, 3.05) is 0 Å². The van der Waals surface area contributed by atoms with Gasteiger partial charge in [0.15, 0.2) is 0 Å². The zero-order valence-corrected chi connectivity index (χ0v) is 11.4. The summed E-state index contributed by atoms with van der Waals surface area (Å²) in [5, 5.41) is 11.6. The first-order chi connectivity index (χ1) is 7.54. The summed E-state index contributed by atoms with van der Waals surface area (Å²) >= 11 is 0. The lowest BCUT2D eigenvalue weighted by Gasteiger charge is -2.28. The van der Waals surface area contributed by atoms with Crippen LogP contribution in [0, 0.1) is 11.8 Å². The zero-order chi connectivity index (χ0) is 13.8. The van der Waals surface area contributed by atoms with E-state index in [4.69, 9.17) is 9.84 Å². The second kappa shape index (κ2) is 5.89. The van der Waals surface area contributed by atoms with E-state index < -0.39 is 29.6 Å². The van der Waals surface area contributed by atoms with Gasteiger partial charge in [0.05, 0.1) is 5.92 Å². The van der Waals surface area contributed by atoms with Crippen LogP contribution in [-0.4, -0.2) is 28.8 Å². The lowest BCUT2D eigenvalue weighted by molar-refractivity contribution is -0.142. The molecule has 17 heavy (non-hydrogen) atoms. The predicted molar refractivity (Wildman–Crippen MR) is 64.8 cm³/mol. The minimum Gasteiger partial charge on any atom is -0.481 e. The Balaban J connectivity index is 4.57. The maximum atomic E-state index is 11.6. The Labute approximate surface area is 103 Å². The molecular formula is C12H23NO4. The summed E-state index contributed by atoms with van der Waals surface area (Å²) < 4.78 is 5.11. The van der Waals surface area contributed by atoms with Gasteiger partial charge in [-0.3, -0.25) is 4.79 Å². The zero-order valence-electron chi connectivity index (χ0n) is 11.4. The predicted octanol–water partition coefficient (Wildman–Crippen LogP) is 2.26. The molecule has 0 rings (SSSR count). The number of carboxylic acids is 1. The Morgan fingerprint density at radius 1 is 1.18 bits per heavy atom. The first-order valence-electron chi connectivity index (χ1n) is 5.77. The summed E-state index contributed by atoms with van der Waals surface area (Å²) in [7, 11) is 0. The van der Waals surface area contributed by atoms with Crippen LogP contribution in [0.1, 0.15) is 41.5 Å². The summed E-state index contributed by atoms with van der Waals surface area (Å²) in [5.74, 6) is -1.56. The highest BCUT2D eigenvalue weighted by atomic mass is 16.6. The number of carbonyl (C=O) groups is 2. The second-order valence-electron chi connectivity index (χ2n) is 5.54. The van der Waals surface area contributed by atoms with Gasteiger partial charge in [-0.2, -0.15) is 0 Å². The molecule has 0 bridgehead atoms. The van der Waals surface area contributed by atoms with Crippen molar-refractivity contribution >= 4 is 12.1 Å². The fourth-order valence-electron chi connectivity index (χ4n) is 1.47. The SMILES string of the molecule is CC(C)[C@H](NC(=O)OC(C)(C)C)[C@@H](C)C(=O)O. The molecule has 0 spiro atoms. The molecule has 2 N–H and O–H groups in total. The van der Waals surface area contributed by atoms with Crippen LogP contribution in [0.3, 0.4) is 0 Å². The van der Waals surface area contributed by atoms with E-state index in [1.165, 1.54) is 0 Å². The highest BCUT2D eigenvalue weighted by molar-refractivity contribution is 5.73. The standard InChI is InChI=1S/C12H23NO4/c1-7(2)9(8(3)10(14)15)13-11(16)17-12(4,5)6/h7-9H,1-6H3,(H,13,16)(H,14,15)/t8-,9+/m1/s1. The minimum absolute atomic E-state index is 0.0219. The first-order valence-corrected chi connectivity index (χ1v) is 5.77. The Kier molecular flexibility index (Phi) is 5.45. The Morgan fingerprint density at radius 3 is 1.94 bits per heavy atom. The van der Waals surface area contributed by atoms with Crippen LogP contribution in [0.4, 0.5) is 4.79 Å². The van der Waals surface area contributed by atoms with Gasteiger partial charge in [-0.1, -0.05) is 13.8 Å². The van der Waals surface area contributed by atoms with Gasteiger partial charge in [-0.25, -0.2) is 4.79 Å². The Bertz CT molecular complexity index is 281. The number of nitrogens with one attached hydrogen (secondary N) is 1. The number of ether oxygens (including phenoxy) is 1. The molecule has 5 nitrogen and oxygen atoms in total. The van der Waals surface area contributed by atoms with Gasteiger partial charge in [0.1, 0.15) is 5.60 Å². The van der Waals surface area contributed by atoms with E-state index in [0.29, 0.717) is 0 Å². The van der Waals surface area contributed by atoms with E-state index in [1.807, 2.05) is 13.8 Å². The van der Waals surface area contributed by atoms with E-state index in [-0.39, 0.29) is 5.92 Å². The number of rotatable bonds is 4.